The maximum absolute atomic E-state index is 13.5. The molecule has 1 fully saturated rings. The molecule has 39 heavy (non-hydrogen) atoms. The van der Waals surface area contributed by atoms with Crippen LogP contribution in [-0.4, -0.2) is 66.3 Å². The number of carbonyl (C=O) groups is 4. The Labute approximate surface area is 229 Å². The Hall–Kier alpha value is -4.00. The molecule has 0 bridgehead atoms. The third-order valence-corrected chi connectivity index (χ3v) is 6.42. The molecule has 12 nitrogen and oxygen atoms in total. The smallest absolute Gasteiger partial charge is 0.339 e. The summed E-state index contributed by atoms with van der Waals surface area (Å²) in [6.07, 6.45) is -2.23. The van der Waals surface area contributed by atoms with E-state index in [1.807, 2.05) is 13.0 Å². The molecular formula is C26H28ClN5O7. The van der Waals surface area contributed by atoms with Crippen LogP contribution in [0.25, 0.3) is 0 Å². The Balaban J connectivity index is 1.54. The van der Waals surface area contributed by atoms with Crippen molar-refractivity contribution in [3.05, 3.63) is 59.2 Å². The van der Waals surface area contributed by atoms with Crippen LogP contribution in [0.2, 0.25) is 0 Å². The third-order valence-electron chi connectivity index (χ3n) is 6.24. The number of ether oxygens (including phenoxy) is 1. The summed E-state index contributed by atoms with van der Waals surface area (Å²) in [6.45, 7) is 4.51. The van der Waals surface area contributed by atoms with Crippen LogP contribution in [0.1, 0.15) is 41.8 Å². The first-order valence-electron chi connectivity index (χ1n) is 12.3. The Bertz CT molecular complexity index is 1300. The number of carbonyl (C=O) groups excluding carboxylic acids is 4. The number of nitrogens with one attached hydrogen (secondary N) is 1. The van der Waals surface area contributed by atoms with Crippen molar-refractivity contribution in [1.29, 1.82) is 0 Å². The van der Waals surface area contributed by atoms with Gasteiger partial charge in [0, 0.05) is 60.8 Å². The van der Waals surface area contributed by atoms with Crippen LogP contribution in [0.4, 0.5) is 11.4 Å². The molecule has 2 heterocycles. The van der Waals surface area contributed by atoms with E-state index in [-0.39, 0.29) is 24.9 Å². The van der Waals surface area contributed by atoms with Crippen LogP contribution in [0, 0.1) is 0 Å². The molecule has 1 saturated heterocycles. The van der Waals surface area contributed by atoms with E-state index < -0.39 is 30.0 Å². The molecule has 3 amide bonds. The molecule has 2 aliphatic rings. The maximum Gasteiger partial charge on any atom is 0.339 e. The summed E-state index contributed by atoms with van der Waals surface area (Å²) in [5, 5.41) is 2.61. The molecule has 2 aromatic carbocycles. The van der Waals surface area contributed by atoms with Gasteiger partial charge in [-0.1, -0.05) is 13.0 Å². The number of amides is 3. The summed E-state index contributed by atoms with van der Waals surface area (Å²) in [5.41, 5.74) is 8.45. The van der Waals surface area contributed by atoms with Gasteiger partial charge in [-0.25, -0.2) is 4.79 Å². The molecule has 2 aromatic rings. The molecule has 13 heteroatoms. The number of amidine groups is 1. The number of benzene rings is 2. The van der Waals surface area contributed by atoms with Gasteiger partial charge in [-0.3, -0.25) is 19.3 Å². The molecule has 0 spiro atoms. The van der Waals surface area contributed by atoms with E-state index in [1.54, 1.807) is 41.3 Å². The first-order chi connectivity index (χ1) is 18.7. The van der Waals surface area contributed by atoms with Gasteiger partial charge in [0.05, 0.1) is 6.61 Å². The van der Waals surface area contributed by atoms with Crippen molar-refractivity contribution in [2.45, 2.75) is 39.0 Å². The molecule has 2 aliphatic heterocycles. The lowest BCUT2D eigenvalue weighted by atomic mass is 10.1. The van der Waals surface area contributed by atoms with E-state index in [9.17, 15) is 19.2 Å². The van der Waals surface area contributed by atoms with Crippen LogP contribution >= 0.6 is 11.8 Å². The average molecular weight is 558 g/mol. The van der Waals surface area contributed by atoms with Crippen LogP contribution in [0.5, 0.6) is 0 Å². The number of morpholine rings is 1. The molecule has 0 aliphatic carbocycles. The van der Waals surface area contributed by atoms with Crippen molar-refractivity contribution < 1.29 is 33.7 Å². The summed E-state index contributed by atoms with van der Waals surface area (Å²) >= 11 is 5.39. The van der Waals surface area contributed by atoms with Crippen LogP contribution in [-0.2, 0) is 35.4 Å². The average Bonchev–Trinajstić information content (AvgIpc) is 3.24. The van der Waals surface area contributed by atoms with Crippen molar-refractivity contribution in [3.8, 4) is 0 Å². The Kier molecular flexibility index (Phi) is 8.79. The number of anilines is 2. The highest BCUT2D eigenvalue weighted by Gasteiger charge is 2.43. The zero-order chi connectivity index (χ0) is 28.1. The number of rotatable bonds is 9. The highest BCUT2D eigenvalue weighted by Crippen LogP contribution is 2.29. The highest BCUT2D eigenvalue weighted by molar-refractivity contribution is 6.22. The molecule has 206 valence electrons. The normalized spacial score (nSPS) is 18.1. The van der Waals surface area contributed by atoms with Gasteiger partial charge in [0.1, 0.15) is 5.84 Å². The Morgan fingerprint density at radius 1 is 1.23 bits per heavy atom. The fourth-order valence-electron chi connectivity index (χ4n) is 4.38. The molecule has 0 unspecified atom stereocenters. The standard InChI is InChI=1S/C26H28ClN5O7/c1-3-10-31-14-17-6-9-19(13-20(17)25(31)35)32-11-12-37-22(26(32)36)21(39-38-15(2)33)24(34)29-18-7-4-16(5-8-18)23(28)30-27/h4-9,13,21-22H,3,10-12,14H2,1-2H3,(H2,28,30)(H,29,34)/t21-,22-/m1/s1. The summed E-state index contributed by atoms with van der Waals surface area (Å²) in [6, 6.07) is 11.5. The monoisotopic (exact) mass is 557 g/mol. The fourth-order valence-corrected chi connectivity index (χ4v) is 4.48. The van der Waals surface area contributed by atoms with Gasteiger partial charge < -0.3 is 25.6 Å². The molecule has 0 aromatic heterocycles. The lowest BCUT2D eigenvalue weighted by molar-refractivity contribution is -0.302. The number of fused-ring (bicyclic) bond motifs is 1. The number of hydrogen-bond acceptors (Lipinski definition) is 8. The first kappa shape index (κ1) is 28.0. The molecule has 0 radical (unpaired) electrons. The summed E-state index contributed by atoms with van der Waals surface area (Å²) in [7, 11) is 0. The van der Waals surface area contributed by atoms with Crippen molar-refractivity contribution in [3.63, 3.8) is 0 Å². The first-order valence-corrected chi connectivity index (χ1v) is 12.6. The van der Waals surface area contributed by atoms with Crippen LogP contribution in [0.15, 0.2) is 47.0 Å². The summed E-state index contributed by atoms with van der Waals surface area (Å²) < 4.78 is 9.02. The number of nitrogens with two attached hydrogens (primary N) is 1. The number of hydrogen-bond donors (Lipinski definition) is 2. The highest BCUT2D eigenvalue weighted by atomic mass is 35.5. The molecule has 3 N–H and O–H groups in total. The summed E-state index contributed by atoms with van der Waals surface area (Å²) in [5.74, 6) is -2.19. The topological polar surface area (TPSA) is 153 Å². The lowest BCUT2D eigenvalue weighted by Crippen LogP contribution is -2.56. The zero-order valence-corrected chi connectivity index (χ0v) is 22.1. The van der Waals surface area contributed by atoms with E-state index in [1.165, 1.54) is 4.90 Å². The van der Waals surface area contributed by atoms with E-state index in [0.717, 1.165) is 18.9 Å². The molecular weight excluding hydrogens is 530 g/mol. The lowest BCUT2D eigenvalue weighted by Gasteiger charge is -2.34. The van der Waals surface area contributed by atoms with Crippen molar-refractivity contribution in [2.75, 3.05) is 29.9 Å². The van der Waals surface area contributed by atoms with Gasteiger partial charge in [0.2, 0.25) is 6.10 Å². The molecule has 4 rings (SSSR count). The molecule has 0 saturated carbocycles. The summed E-state index contributed by atoms with van der Waals surface area (Å²) in [4.78, 5) is 63.9. The number of halogens is 1. The minimum absolute atomic E-state index is 0.0718. The quantitative estimate of drug-likeness (QED) is 0.206. The third kappa shape index (κ3) is 6.19. The fraction of sp³-hybridized carbons (Fsp3) is 0.346. The van der Waals surface area contributed by atoms with Gasteiger partial charge in [0.15, 0.2) is 6.10 Å². The minimum Gasteiger partial charge on any atom is -0.382 e. The van der Waals surface area contributed by atoms with Gasteiger partial charge in [-0.15, -0.1) is 0 Å². The second kappa shape index (κ2) is 12.2. The van der Waals surface area contributed by atoms with E-state index >= 15 is 0 Å². The molecule has 2 atom stereocenters. The predicted octanol–water partition coefficient (Wildman–Crippen LogP) is 2.15. The maximum atomic E-state index is 13.5. The Morgan fingerprint density at radius 2 is 1.97 bits per heavy atom. The largest absolute Gasteiger partial charge is 0.382 e. The minimum atomic E-state index is -1.63. The van der Waals surface area contributed by atoms with Crippen LogP contribution in [0.3, 0.4) is 0 Å². The second-order valence-electron chi connectivity index (χ2n) is 8.98. The van der Waals surface area contributed by atoms with Crippen molar-refractivity contribution in [2.24, 2.45) is 10.2 Å². The van der Waals surface area contributed by atoms with E-state index in [0.29, 0.717) is 35.6 Å². The zero-order valence-electron chi connectivity index (χ0n) is 21.4. The predicted molar refractivity (Wildman–Crippen MR) is 142 cm³/mol. The van der Waals surface area contributed by atoms with E-state index in [2.05, 4.69) is 14.7 Å². The SMILES string of the molecule is CCCN1Cc2ccc(N3CCO[C@H]([C@@H](OOC(C)=O)C(=O)Nc4ccc(C(N)=NCl)cc4)C3=O)cc2C1=O. The van der Waals surface area contributed by atoms with Crippen LogP contribution < -0.4 is 16.0 Å². The van der Waals surface area contributed by atoms with Gasteiger partial charge in [-0.2, -0.15) is 9.40 Å². The van der Waals surface area contributed by atoms with Gasteiger partial charge in [-0.05, 0) is 48.4 Å². The Morgan fingerprint density at radius 3 is 2.64 bits per heavy atom. The van der Waals surface area contributed by atoms with E-state index in [4.69, 9.17) is 27.1 Å². The number of nitrogens with zero attached hydrogens (tertiary/aromatic N) is 3. The van der Waals surface area contributed by atoms with Gasteiger partial charge >= 0.3 is 5.97 Å². The second-order valence-corrected chi connectivity index (χ2v) is 9.15. The van der Waals surface area contributed by atoms with Gasteiger partial charge in [0.25, 0.3) is 17.7 Å². The van der Waals surface area contributed by atoms with Crippen molar-refractivity contribution in [1.82, 2.24) is 4.90 Å². The van der Waals surface area contributed by atoms with Crippen molar-refractivity contribution >= 4 is 52.7 Å².